The lowest BCUT2D eigenvalue weighted by Gasteiger charge is -2.29. The van der Waals surface area contributed by atoms with Crippen LogP contribution in [0.1, 0.15) is 45.0 Å². The fraction of sp³-hybridized carbons (Fsp3) is 0.412. The first kappa shape index (κ1) is 16.2. The highest BCUT2D eigenvalue weighted by atomic mass is 16.5. The molecule has 0 amide bonds. The van der Waals surface area contributed by atoms with Gasteiger partial charge in [0.15, 0.2) is 17.9 Å². The number of rotatable bonds is 7. The zero-order valence-corrected chi connectivity index (χ0v) is 12.9. The molecule has 0 saturated heterocycles. The summed E-state index contributed by atoms with van der Waals surface area (Å²) in [5, 5.41) is 0. The van der Waals surface area contributed by atoms with Crippen molar-refractivity contribution in [3.8, 4) is 0 Å². The van der Waals surface area contributed by atoms with Crippen molar-refractivity contribution in [3.05, 3.63) is 48.1 Å². The van der Waals surface area contributed by atoms with Crippen LogP contribution in [0.3, 0.4) is 0 Å². The second-order valence-electron chi connectivity index (χ2n) is 5.35. The first-order valence-corrected chi connectivity index (χ1v) is 7.44. The summed E-state index contributed by atoms with van der Waals surface area (Å²) in [6.07, 6.45) is 10.5. The normalized spacial score (nSPS) is 22.3. The number of unbranched alkanes of at least 4 members (excludes halogenated alkanes) is 1. The molecule has 0 N–H and O–H groups in total. The molecule has 22 heavy (non-hydrogen) atoms. The third-order valence-corrected chi connectivity index (χ3v) is 3.54. The average Bonchev–Trinajstić information content (AvgIpc) is 2.54. The topological polar surface area (TPSA) is 69.2 Å². The van der Waals surface area contributed by atoms with Crippen LogP contribution in [0.2, 0.25) is 0 Å². The first-order chi connectivity index (χ1) is 10.6. The highest BCUT2D eigenvalue weighted by molar-refractivity contribution is 6.11. The van der Waals surface area contributed by atoms with Crippen molar-refractivity contribution in [2.75, 3.05) is 0 Å². The van der Waals surface area contributed by atoms with Gasteiger partial charge >= 0.3 is 0 Å². The Kier molecular flexibility index (Phi) is 5.33. The number of carbonyl (C=O) groups is 2. The van der Waals surface area contributed by atoms with E-state index in [1.54, 1.807) is 31.5 Å². The molecule has 0 aliphatic heterocycles. The lowest BCUT2D eigenvalue weighted by Crippen LogP contribution is -2.43. The van der Waals surface area contributed by atoms with E-state index < -0.39 is 11.7 Å². The maximum atomic E-state index is 12.3. The van der Waals surface area contributed by atoms with Crippen molar-refractivity contribution in [2.45, 2.75) is 44.8 Å². The Balaban J connectivity index is 2.27. The van der Waals surface area contributed by atoms with Gasteiger partial charge in [-0.2, -0.15) is 0 Å². The Morgan fingerprint density at radius 2 is 2.09 bits per heavy atom. The van der Waals surface area contributed by atoms with E-state index in [0.717, 1.165) is 18.4 Å². The molecule has 1 aromatic heterocycles. The first-order valence-electron chi connectivity index (χ1n) is 7.44. The lowest BCUT2D eigenvalue weighted by molar-refractivity contribution is -0.149. The minimum atomic E-state index is -1.57. The van der Waals surface area contributed by atoms with Crippen LogP contribution in [-0.4, -0.2) is 27.6 Å². The molecule has 0 fully saturated rings. The minimum Gasteiger partial charge on any atom is -0.344 e. The third-order valence-electron chi connectivity index (χ3n) is 3.54. The number of ether oxygens (including phenoxy) is 1. The summed E-state index contributed by atoms with van der Waals surface area (Å²) < 4.78 is 5.90. The molecule has 0 spiro atoms. The van der Waals surface area contributed by atoms with Crippen LogP contribution < -0.4 is 0 Å². The van der Waals surface area contributed by atoms with Crippen LogP contribution in [0.15, 0.2) is 42.3 Å². The van der Waals surface area contributed by atoms with Crippen LogP contribution in [-0.2, 0) is 14.3 Å². The quantitative estimate of drug-likeness (QED) is 0.572. The fourth-order valence-corrected chi connectivity index (χ4v) is 2.27. The molecule has 2 unspecified atom stereocenters. The van der Waals surface area contributed by atoms with Gasteiger partial charge in [-0.3, -0.25) is 9.59 Å². The third kappa shape index (κ3) is 3.54. The maximum Gasteiger partial charge on any atom is 0.204 e. The summed E-state index contributed by atoms with van der Waals surface area (Å²) in [6, 6.07) is 1.72. The fourth-order valence-electron chi connectivity index (χ4n) is 2.27. The summed E-state index contributed by atoms with van der Waals surface area (Å²) in [4.78, 5) is 32.2. The molecule has 116 valence electrons. The summed E-state index contributed by atoms with van der Waals surface area (Å²) in [5.41, 5.74) is -0.774. The molecular weight excluding hydrogens is 280 g/mol. The van der Waals surface area contributed by atoms with Crippen molar-refractivity contribution in [3.63, 3.8) is 0 Å². The molecule has 2 rings (SSSR count). The number of nitrogens with zero attached hydrogens (tertiary/aromatic N) is 2. The number of carbonyl (C=O) groups excluding carboxylic acids is 2. The van der Waals surface area contributed by atoms with Gasteiger partial charge in [-0.05, 0) is 37.1 Å². The molecule has 5 heteroatoms. The smallest absolute Gasteiger partial charge is 0.204 e. The van der Waals surface area contributed by atoms with Gasteiger partial charge < -0.3 is 4.74 Å². The minimum absolute atomic E-state index is 0.361. The summed E-state index contributed by atoms with van der Waals surface area (Å²) in [7, 11) is 0. The standard InChI is InChI=1S/C17H20N2O3/c1-3-4-6-14(16-18-9-5-10-19-16)22-17(12-20)8-7-13(2)11-15(17)21/h5,7-12,14H,3-4,6H2,1-2H3. The molecule has 1 heterocycles. The van der Waals surface area contributed by atoms with Gasteiger partial charge in [0.25, 0.3) is 0 Å². The lowest BCUT2D eigenvalue weighted by atomic mass is 9.91. The van der Waals surface area contributed by atoms with E-state index in [0.29, 0.717) is 18.5 Å². The number of aldehydes is 1. The highest BCUT2D eigenvalue weighted by Gasteiger charge is 2.40. The van der Waals surface area contributed by atoms with Crippen molar-refractivity contribution < 1.29 is 14.3 Å². The van der Waals surface area contributed by atoms with Crippen LogP contribution >= 0.6 is 0 Å². The Morgan fingerprint density at radius 3 is 2.68 bits per heavy atom. The zero-order chi connectivity index (χ0) is 16.0. The van der Waals surface area contributed by atoms with Gasteiger partial charge in [0.2, 0.25) is 5.60 Å². The maximum absolute atomic E-state index is 12.3. The highest BCUT2D eigenvalue weighted by Crippen LogP contribution is 2.30. The van der Waals surface area contributed by atoms with Gasteiger partial charge in [0.05, 0.1) is 0 Å². The summed E-state index contributed by atoms with van der Waals surface area (Å²) >= 11 is 0. The van der Waals surface area contributed by atoms with Crippen molar-refractivity contribution in [2.24, 2.45) is 0 Å². The van der Waals surface area contributed by atoms with E-state index in [-0.39, 0.29) is 5.78 Å². The summed E-state index contributed by atoms with van der Waals surface area (Å²) in [5.74, 6) is 0.129. The molecule has 1 aliphatic rings. The van der Waals surface area contributed by atoms with E-state index >= 15 is 0 Å². The summed E-state index contributed by atoms with van der Waals surface area (Å²) in [6.45, 7) is 3.87. The number of allylic oxidation sites excluding steroid dienone is 2. The van der Waals surface area contributed by atoms with Gasteiger partial charge in [-0.15, -0.1) is 0 Å². The van der Waals surface area contributed by atoms with Crippen LogP contribution in [0.25, 0.3) is 0 Å². The molecule has 0 radical (unpaired) electrons. The van der Waals surface area contributed by atoms with Crippen LogP contribution in [0.5, 0.6) is 0 Å². The Hall–Kier alpha value is -2.14. The predicted octanol–water partition coefficient (Wildman–Crippen LogP) is 2.75. The number of hydrogen-bond acceptors (Lipinski definition) is 5. The van der Waals surface area contributed by atoms with E-state index in [4.69, 9.17) is 4.74 Å². The van der Waals surface area contributed by atoms with Gasteiger partial charge in [-0.25, -0.2) is 9.97 Å². The molecule has 2 atom stereocenters. The Labute approximate surface area is 130 Å². The van der Waals surface area contributed by atoms with Gasteiger partial charge in [-0.1, -0.05) is 25.8 Å². The largest absolute Gasteiger partial charge is 0.344 e. The number of hydrogen-bond donors (Lipinski definition) is 0. The van der Waals surface area contributed by atoms with Crippen molar-refractivity contribution in [1.29, 1.82) is 0 Å². The van der Waals surface area contributed by atoms with Crippen LogP contribution in [0, 0.1) is 0 Å². The molecule has 5 nitrogen and oxygen atoms in total. The second-order valence-corrected chi connectivity index (χ2v) is 5.35. The van der Waals surface area contributed by atoms with Gasteiger partial charge in [0, 0.05) is 12.4 Å². The molecule has 1 aliphatic carbocycles. The van der Waals surface area contributed by atoms with Crippen molar-refractivity contribution >= 4 is 12.1 Å². The predicted molar refractivity (Wildman–Crippen MR) is 82.1 cm³/mol. The van der Waals surface area contributed by atoms with E-state index in [1.165, 1.54) is 12.2 Å². The molecule has 0 saturated carbocycles. The zero-order valence-electron chi connectivity index (χ0n) is 12.9. The Bertz CT molecular complexity index is 595. The van der Waals surface area contributed by atoms with Crippen molar-refractivity contribution in [1.82, 2.24) is 9.97 Å². The van der Waals surface area contributed by atoms with Gasteiger partial charge in [0.1, 0.15) is 6.10 Å². The Morgan fingerprint density at radius 1 is 1.36 bits per heavy atom. The number of aromatic nitrogens is 2. The van der Waals surface area contributed by atoms with E-state index in [1.807, 2.05) is 0 Å². The van der Waals surface area contributed by atoms with Crippen LogP contribution in [0.4, 0.5) is 0 Å². The second kappa shape index (κ2) is 7.22. The van der Waals surface area contributed by atoms with E-state index in [9.17, 15) is 9.59 Å². The molecule has 0 bridgehead atoms. The van der Waals surface area contributed by atoms with E-state index in [2.05, 4.69) is 16.9 Å². The molecule has 0 aromatic carbocycles. The average molecular weight is 300 g/mol. The SMILES string of the molecule is CCCCC(OC1(C=O)C=CC(C)=CC1=O)c1ncccn1. The monoisotopic (exact) mass is 300 g/mol. The molecular formula is C17H20N2O3. The number of ketones is 1. The molecule has 1 aromatic rings.